The van der Waals surface area contributed by atoms with Gasteiger partial charge in [0.2, 0.25) is 0 Å². The lowest BCUT2D eigenvalue weighted by Gasteiger charge is -2.37. The molecule has 0 bridgehead atoms. The van der Waals surface area contributed by atoms with Crippen molar-refractivity contribution in [3.63, 3.8) is 0 Å². The fourth-order valence-electron chi connectivity index (χ4n) is 12.4. The van der Waals surface area contributed by atoms with E-state index in [-0.39, 0.29) is 22.9 Å². The average Bonchev–Trinajstić information content (AvgIpc) is 4.28. The average molecular weight is 1130 g/mol. The molecule has 0 saturated heterocycles. The first-order valence-electron chi connectivity index (χ1n) is 27.9. The van der Waals surface area contributed by atoms with Crippen LogP contribution in [0.4, 0.5) is 4.39 Å². The molecule has 5 aliphatic carbocycles. The van der Waals surface area contributed by atoms with Crippen molar-refractivity contribution in [2.75, 3.05) is 35.2 Å². The molecule has 3 aromatic heterocycles. The van der Waals surface area contributed by atoms with Crippen LogP contribution in [0.3, 0.4) is 0 Å². The van der Waals surface area contributed by atoms with Crippen LogP contribution in [-0.2, 0) is 58.1 Å². The van der Waals surface area contributed by atoms with Gasteiger partial charge in [0.25, 0.3) is 0 Å². The van der Waals surface area contributed by atoms with Crippen molar-refractivity contribution in [1.82, 2.24) is 26.6 Å². The van der Waals surface area contributed by atoms with Crippen LogP contribution in [0.5, 0.6) is 0 Å². The largest absolute Gasteiger partial charge is 0.304 e. The van der Waals surface area contributed by atoms with E-state index < -0.39 is 22.2 Å². The fraction of sp³-hybridized carbons (Fsp3) is 0.532. The van der Waals surface area contributed by atoms with Crippen molar-refractivity contribution in [1.29, 1.82) is 0 Å². The van der Waals surface area contributed by atoms with E-state index in [2.05, 4.69) is 76.8 Å². The molecule has 0 aliphatic heterocycles. The predicted octanol–water partition coefficient (Wildman–Crippen LogP) is 13.1. The van der Waals surface area contributed by atoms with Gasteiger partial charge in [0, 0.05) is 37.0 Å². The summed E-state index contributed by atoms with van der Waals surface area (Å²) >= 11 is 10.7. The third-order valence-electron chi connectivity index (χ3n) is 17.0. The Balaban J connectivity index is 0.000000156. The van der Waals surface area contributed by atoms with Gasteiger partial charge in [-0.1, -0.05) is 105 Å². The SMILES string of the molecule is CCc1ccccc1[C@]1(NC)CCCCC1=O.CN[C@@]1(c2ccccc2C)CCCCC1=O.CN[C@@]1(c2cccs2)CCCCC1=O.CN[C@@]1(c2sccc2Cl)CCCCC1=O.CN[C@@]1(c2sccc2F)CCCCC1=O. The van der Waals surface area contributed by atoms with Gasteiger partial charge >= 0.3 is 0 Å². The summed E-state index contributed by atoms with van der Waals surface area (Å²) in [6.07, 6.45) is 19.2. The number of likely N-dealkylation sites (N-methyl/N-ethyl adjacent to an activating group) is 5. The minimum Gasteiger partial charge on any atom is -0.304 e. The predicted molar refractivity (Wildman–Crippen MR) is 316 cm³/mol. The van der Waals surface area contributed by atoms with E-state index in [4.69, 9.17) is 11.6 Å². The van der Waals surface area contributed by atoms with Crippen LogP contribution in [0, 0.1) is 12.7 Å². The number of nitrogens with one attached hydrogen (secondary N) is 5. The number of Topliss-reactive ketones (excluding diaryl/α,β-unsaturated/α-hetero) is 5. The third kappa shape index (κ3) is 13.4. The smallest absolute Gasteiger partial charge is 0.158 e. The molecule has 77 heavy (non-hydrogen) atoms. The van der Waals surface area contributed by atoms with Gasteiger partial charge in [0.1, 0.15) is 33.5 Å². The number of benzene rings is 2. The van der Waals surface area contributed by atoms with Crippen LogP contribution in [0.2, 0.25) is 5.02 Å². The van der Waals surface area contributed by atoms with Crippen molar-refractivity contribution >= 4 is 74.5 Å². The van der Waals surface area contributed by atoms with E-state index in [9.17, 15) is 28.4 Å². The van der Waals surface area contributed by atoms with Gasteiger partial charge < -0.3 is 26.6 Å². The molecule has 10 nitrogen and oxygen atoms in total. The number of carbonyl (C=O) groups excluding carboxylic acids is 5. The molecule has 5 N–H and O–H groups in total. The van der Waals surface area contributed by atoms with Crippen LogP contribution in [-0.4, -0.2) is 64.2 Å². The van der Waals surface area contributed by atoms with Gasteiger partial charge in [-0.2, -0.15) is 0 Å². The standard InChI is InChI=1S/C15H21NO.C14H19NO.C11H14ClNOS.C11H14FNOS.C11H15NOS/c1-3-12-8-4-5-9-13(12)15(16-2)11-7-6-10-14(15)17;1-11-7-3-4-8-12(11)14(15-2)10-6-5-9-13(14)16;2*1-13-11(6-3-2-4-9(11)14)10-8(12)5-7-15-10;1-12-11(10-6-4-8-14-10)7-3-2-5-9(11)13/h4-5,8-9,16H,3,6-7,10-11H2,1-2H3;3-4,7-8,15H,5-6,9-10H2,1-2H3;2*5,7,13H,2-4,6H2,1H3;4,6,8,12H,2-3,5,7H2,1H3/t15-;14-;3*11-/m11000/s1. The Morgan fingerprint density at radius 1 is 0.455 bits per heavy atom. The maximum absolute atomic E-state index is 13.6. The molecule has 0 amide bonds. The van der Waals surface area contributed by atoms with Crippen molar-refractivity contribution in [3.8, 4) is 0 Å². The zero-order valence-corrected chi connectivity index (χ0v) is 49.7. The molecule has 0 unspecified atom stereocenters. The van der Waals surface area contributed by atoms with E-state index in [1.165, 1.54) is 39.0 Å². The highest BCUT2D eigenvalue weighted by atomic mass is 35.5. The van der Waals surface area contributed by atoms with E-state index >= 15 is 0 Å². The molecule has 10 rings (SSSR count). The quantitative estimate of drug-likeness (QED) is 0.0867. The lowest BCUT2D eigenvalue weighted by molar-refractivity contribution is -0.128. The summed E-state index contributed by atoms with van der Waals surface area (Å²) in [7, 11) is 9.29. The van der Waals surface area contributed by atoms with Crippen LogP contribution in [0.15, 0.2) is 88.9 Å². The molecule has 15 heteroatoms. The normalized spacial score (nSPS) is 26.4. The summed E-state index contributed by atoms with van der Waals surface area (Å²) in [6.45, 7) is 4.23. The van der Waals surface area contributed by atoms with Crippen molar-refractivity contribution in [3.05, 3.63) is 137 Å². The van der Waals surface area contributed by atoms with Crippen LogP contribution in [0.1, 0.15) is 172 Å². The first-order valence-corrected chi connectivity index (χ1v) is 30.9. The topological polar surface area (TPSA) is 146 Å². The second-order valence-electron chi connectivity index (χ2n) is 20.9. The molecule has 0 radical (unpaired) electrons. The number of aryl methyl sites for hydroxylation is 2. The minimum absolute atomic E-state index is 0.123. The Hall–Kier alpha value is -4.09. The number of ketones is 5. The number of halogens is 2. The van der Waals surface area contributed by atoms with Gasteiger partial charge in [-0.25, -0.2) is 4.39 Å². The van der Waals surface area contributed by atoms with Crippen LogP contribution in [0.25, 0.3) is 0 Å². The summed E-state index contributed by atoms with van der Waals surface area (Å²) < 4.78 is 13.6. The van der Waals surface area contributed by atoms with E-state index in [1.807, 2.05) is 69.3 Å². The Morgan fingerprint density at radius 3 is 1.25 bits per heavy atom. The summed E-state index contributed by atoms with van der Waals surface area (Å²) in [6, 6.07) is 23.9. The first-order chi connectivity index (χ1) is 37.1. The Labute approximate surface area is 474 Å². The summed E-state index contributed by atoms with van der Waals surface area (Å²) in [4.78, 5) is 63.3. The molecule has 2 aromatic carbocycles. The monoisotopic (exact) mass is 1130 g/mol. The number of hydrogen-bond donors (Lipinski definition) is 5. The zero-order valence-electron chi connectivity index (χ0n) is 46.5. The number of hydrogen-bond acceptors (Lipinski definition) is 13. The highest BCUT2D eigenvalue weighted by Gasteiger charge is 2.45. The van der Waals surface area contributed by atoms with E-state index in [0.717, 1.165) is 113 Å². The molecule has 0 spiro atoms. The van der Waals surface area contributed by atoms with Crippen molar-refractivity contribution in [2.45, 2.75) is 176 Å². The number of rotatable bonds is 11. The summed E-state index contributed by atoms with van der Waals surface area (Å²) in [5.74, 6) is 1.19. The van der Waals surface area contributed by atoms with Gasteiger partial charge in [-0.15, -0.1) is 34.0 Å². The molecule has 418 valence electrons. The minimum atomic E-state index is -0.753. The fourth-order valence-corrected chi connectivity index (χ4v) is 15.9. The molecule has 5 fully saturated rings. The second kappa shape index (κ2) is 28.9. The molecule has 5 saturated carbocycles. The highest BCUT2D eigenvalue weighted by Crippen LogP contribution is 2.42. The maximum atomic E-state index is 13.6. The van der Waals surface area contributed by atoms with Crippen molar-refractivity contribution in [2.24, 2.45) is 0 Å². The second-order valence-corrected chi connectivity index (χ2v) is 24.1. The van der Waals surface area contributed by atoms with E-state index in [1.54, 1.807) is 35.1 Å². The third-order valence-corrected chi connectivity index (χ3v) is 20.5. The zero-order chi connectivity index (χ0) is 55.7. The summed E-state index contributed by atoms with van der Waals surface area (Å²) in [5.41, 5.74) is 2.35. The van der Waals surface area contributed by atoms with E-state index in [0.29, 0.717) is 59.4 Å². The maximum Gasteiger partial charge on any atom is 0.158 e. The lowest BCUT2D eigenvalue weighted by atomic mass is 9.74. The van der Waals surface area contributed by atoms with Gasteiger partial charge in [0.05, 0.1) is 14.8 Å². The number of carbonyl (C=O) groups is 5. The van der Waals surface area contributed by atoms with Crippen molar-refractivity contribution < 1.29 is 28.4 Å². The molecular formula is C62H83ClFN5O5S3. The van der Waals surface area contributed by atoms with Gasteiger partial charge in [-0.05, 0) is 169 Å². The highest BCUT2D eigenvalue weighted by molar-refractivity contribution is 7.11. The molecule has 5 atom stereocenters. The molecule has 5 aliphatic rings. The van der Waals surface area contributed by atoms with Crippen LogP contribution >= 0.6 is 45.6 Å². The number of thiophene rings is 3. The Kier molecular flexibility index (Phi) is 23.3. The lowest BCUT2D eigenvalue weighted by Crippen LogP contribution is -2.49. The molecular weight excluding hydrogens is 1050 g/mol. The van der Waals surface area contributed by atoms with Crippen LogP contribution < -0.4 is 26.6 Å². The van der Waals surface area contributed by atoms with Gasteiger partial charge in [0.15, 0.2) is 28.9 Å². The van der Waals surface area contributed by atoms with Gasteiger partial charge in [-0.3, -0.25) is 24.0 Å². The Bertz CT molecular complexity index is 2670. The summed E-state index contributed by atoms with van der Waals surface area (Å²) in [5, 5.41) is 22.4. The first kappa shape index (κ1) is 62.1. The molecule has 3 heterocycles. The molecule has 5 aromatic rings. The Morgan fingerprint density at radius 2 is 0.857 bits per heavy atom.